The molecule has 0 atom stereocenters. The molecule has 0 radical (unpaired) electrons. The molecule has 0 amide bonds. The van der Waals surface area contributed by atoms with E-state index < -0.39 is 11.9 Å². The molecule has 0 saturated heterocycles. The summed E-state index contributed by atoms with van der Waals surface area (Å²) >= 11 is 3.04. The van der Waals surface area contributed by atoms with E-state index in [-0.39, 0.29) is 16.9 Å². The quantitative estimate of drug-likeness (QED) is 0.839. The van der Waals surface area contributed by atoms with E-state index in [2.05, 4.69) is 25.4 Å². The number of esters is 2. The minimum Gasteiger partial charge on any atom is -0.506 e. The number of phenols is 1. The van der Waals surface area contributed by atoms with Crippen LogP contribution in [0.4, 0.5) is 0 Å². The zero-order chi connectivity index (χ0) is 12.3. The molecule has 0 bridgehead atoms. The first-order valence-electron chi connectivity index (χ1n) is 4.21. The van der Waals surface area contributed by atoms with Crippen molar-refractivity contribution in [2.24, 2.45) is 0 Å². The highest BCUT2D eigenvalue weighted by molar-refractivity contribution is 9.10. The zero-order valence-corrected chi connectivity index (χ0v) is 10.2. The van der Waals surface area contributed by atoms with Gasteiger partial charge in [-0.15, -0.1) is 0 Å². The van der Waals surface area contributed by atoms with Crippen molar-refractivity contribution in [2.75, 3.05) is 14.2 Å². The van der Waals surface area contributed by atoms with Gasteiger partial charge in [-0.2, -0.15) is 0 Å². The lowest BCUT2D eigenvalue weighted by Gasteiger charge is -2.09. The Morgan fingerprint density at radius 2 is 1.75 bits per heavy atom. The summed E-state index contributed by atoms with van der Waals surface area (Å²) in [4.78, 5) is 22.8. The van der Waals surface area contributed by atoms with Gasteiger partial charge in [0.1, 0.15) is 11.3 Å². The van der Waals surface area contributed by atoms with Crippen molar-refractivity contribution in [3.63, 3.8) is 0 Å². The first-order chi connectivity index (χ1) is 7.52. The smallest absolute Gasteiger partial charge is 0.342 e. The molecule has 0 aromatic heterocycles. The maximum atomic E-state index is 11.4. The molecule has 16 heavy (non-hydrogen) atoms. The molecule has 5 nitrogen and oxygen atoms in total. The van der Waals surface area contributed by atoms with Gasteiger partial charge in [0, 0.05) is 0 Å². The predicted molar refractivity (Wildman–Crippen MR) is 58.5 cm³/mol. The standard InChI is InChI=1S/C10H9BrO5/c1-15-9(13)5-3-4-6(11)8(12)7(5)10(14)16-2/h3-4,12H,1-2H3. The van der Waals surface area contributed by atoms with E-state index in [0.717, 1.165) is 7.11 Å². The summed E-state index contributed by atoms with van der Waals surface area (Å²) in [6, 6.07) is 2.80. The molecule has 0 aliphatic heterocycles. The summed E-state index contributed by atoms with van der Waals surface area (Å²) in [7, 11) is 2.34. The minimum absolute atomic E-state index is 0.0462. The zero-order valence-electron chi connectivity index (χ0n) is 8.61. The van der Waals surface area contributed by atoms with Gasteiger partial charge in [-0.25, -0.2) is 9.59 Å². The van der Waals surface area contributed by atoms with Gasteiger partial charge in [-0.05, 0) is 28.1 Å². The normalized spacial score (nSPS) is 9.69. The molecule has 1 N–H and O–H groups in total. The summed E-state index contributed by atoms with van der Waals surface area (Å²) in [6.07, 6.45) is 0. The van der Waals surface area contributed by atoms with Crippen molar-refractivity contribution in [3.8, 4) is 5.75 Å². The van der Waals surface area contributed by atoms with Crippen LogP contribution in [0.1, 0.15) is 20.7 Å². The second-order valence-electron chi connectivity index (χ2n) is 2.80. The topological polar surface area (TPSA) is 72.8 Å². The average Bonchev–Trinajstić information content (AvgIpc) is 2.30. The van der Waals surface area contributed by atoms with Crippen LogP contribution < -0.4 is 0 Å². The fourth-order valence-corrected chi connectivity index (χ4v) is 1.48. The van der Waals surface area contributed by atoms with Gasteiger partial charge >= 0.3 is 11.9 Å². The molecular formula is C10H9BrO5. The van der Waals surface area contributed by atoms with Crippen LogP contribution >= 0.6 is 15.9 Å². The highest BCUT2D eigenvalue weighted by atomic mass is 79.9. The Morgan fingerprint density at radius 3 is 2.25 bits per heavy atom. The van der Waals surface area contributed by atoms with E-state index in [4.69, 9.17) is 0 Å². The molecule has 86 valence electrons. The highest BCUT2D eigenvalue weighted by Gasteiger charge is 2.23. The van der Waals surface area contributed by atoms with Crippen LogP contribution in [0, 0.1) is 0 Å². The lowest BCUT2D eigenvalue weighted by molar-refractivity contribution is 0.0552. The van der Waals surface area contributed by atoms with Crippen LogP contribution in [0.25, 0.3) is 0 Å². The van der Waals surface area contributed by atoms with Crippen LogP contribution in [0.3, 0.4) is 0 Å². The maximum Gasteiger partial charge on any atom is 0.342 e. The van der Waals surface area contributed by atoms with Gasteiger partial charge in [-0.3, -0.25) is 0 Å². The highest BCUT2D eigenvalue weighted by Crippen LogP contribution is 2.31. The van der Waals surface area contributed by atoms with Gasteiger partial charge in [0.2, 0.25) is 0 Å². The number of hydrogen-bond acceptors (Lipinski definition) is 5. The minimum atomic E-state index is -0.806. The van der Waals surface area contributed by atoms with E-state index in [0.29, 0.717) is 4.47 Å². The number of ether oxygens (including phenoxy) is 2. The number of phenolic OH excluding ortho intramolecular Hbond substituents is 1. The number of benzene rings is 1. The Morgan fingerprint density at radius 1 is 1.19 bits per heavy atom. The van der Waals surface area contributed by atoms with Crippen LogP contribution in [0.2, 0.25) is 0 Å². The number of carbonyl (C=O) groups is 2. The summed E-state index contributed by atoms with van der Waals surface area (Å²) in [5.41, 5.74) is -0.265. The molecule has 0 aliphatic rings. The number of rotatable bonds is 2. The van der Waals surface area contributed by atoms with Gasteiger partial charge in [0.05, 0.1) is 24.3 Å². The molecule has 0 aliphatic carbocycles. The largest absolute Gasteiger partial charge is 0.506 e. The summed E-state index contributed by atoms with van der Waals surface area (Å²) < 4.78 is 9.27. The number of hydrogen-bond donors (Lipinski definition) is 1. The Bertz CT molecular complexity index is 441. The van der Waals surface area contributed by atoms with Crippen molar-refractivity contribution in [1.82, 2.24) is 0 Å². The van der Waals surface area contributed by atoms with Gasteiger partial charge < -0.3 is 14.6 Å². The number of aromatic hydroxyl groups is 1. The average molecular weight is 289 g/mol. The van der Waals surface area contributed by atoms with Crippen molar-refractivity contribution in [1.29, 1.82) is 0 Å². The van der Waals surface area contributed by atoms with E-state index in [1.807, 2.05) is 0 Å². The van der Waals surface area contributed by atoms with Gasteiger partial charge in [0.15, 0.2) is 0 Å². The molecule has 0 heterocycles. The molecule has 1 rings (SSSR count). The van der Waals surface area contributed by atoms with Crippen LogP contribution in [0.15, 0.2) is 16.6 Å². The van der Waals surface area contributed by atoms with Crippen molar-refractivity contribution in [2.45, 2.75) is 0 Å². The predicted octanol–water partition coefficient (Wildman–Crippen LogP) is 1.73. The third-order valence-electron chi connectivity index (χ3n) is 1.92. The molecule has 0 saturated carbocycles. The Labute approximate surface area is 100 Å². The van der Waals surface area contributed by atoms with Gasteiger partial charge in [-0.1, -0.05) is 0 Å². The van der Waals surface area contributed by atoms with E-state index in [1.165, 1.54) is 19.2 Å². The second kappa shape index (κ2) is 4.98. The molecule has 1 aromatic carbocycles. The van der Waals surface area contributed by atoms with Crippen molar-refractivity contribution >= 4 is 27.9 Å². The fourth-order valence-electron chi connectivity index (χ4n) is 1.15. The third-order valence-corrected chi connectivity index (χ3v) is 2.56. The first kappa shape index (κ1) is 12.5. The molecule has 0 unspecified atom stereocenters. The number of carbonyl (C=O) groups excluding carboxylic acids is 2. The Kier molecular flexibility index (Phi) is 3.89. The SMILES string of the molecule is COC(=O)c1ccc(Br)c(O)c1C(=O)OC. The molecule has 6 heteroatoms. The lowest BCUT2D eigenvalue weighted by atomic mass is 10.1. The lowest BCUT2D eigenvalue weighted by Crippen LogP contribution is -2.12. The first-order valence-corrected chi connectivity index (χ1v) is 5.00. The summed E-state index contributed by atoms with van der Waals surface area (Å²) in [6.45, 7) is 0. The summed E-state index contributed by atoms with van der Waals surface area (Å²) in [5, 5.41) is 9.67. The van der Waals surface area contributed by atoms with Crippen molar-refractivity contribution < 1.29 is 24.2 Å². The Balaban J connectivity index is 3.44. The molecular weight excluding hydrogens is 280 g/mol. The van der Waals surface area contributed by atoms with Gasteiger partial charge in [0.25, 0.3) is 0 Å². The van der Waals surface area contributed by atoms with Crippen molar-refractivity contribution in [3.05, 3.63) is 27.7 Å². The second-order valence-corrected chi connectivity index (χ2v) is 3.66. The summed E-state index contributed by atoms with van der Waals surface area (Å²) in [5.74, 6) is -1.88. The Hall–Kier alpha value is -1.56. The monoisotopic (exact) mass is 288 g/mol. The van der Waals surface area contributed by atoms with E-state index in [1.54, 1.807) is 0 Å². The van der Waals surface area contributed by atoms with Crippen LogP contribution in [0.5, 0.6) is 5.75 Å². The van der Waals surface area contributed by atoms with E-state index in [9.17, 15) is 14.7 Å². The fraction of sp³-hybridized carbons (Fsp3) is 0.200. The maximum absolute atomic E-state index is 11.4. The van der Waals surface area contributed by atoms with E-state index >= 15 is 0 Å². The molecule has 0 spiro atoms. The third kappa shape index (κ3) is 2.16. The molecule has 1 aromatic rings. The number of methoxy groups -OCH3 is 2. The van der Waals surface area contributed by atoms with Crippen LogP contribution in [-0.4, -0.2) is 31.3 Å². The van der Waals surface area contributed by atoms with Crippen LogP contribution in [-0.2, 0) is 9.47 Å². The molecule has 0 fully saturated rings. The number of halogens is 1.